The fourth-order valence-electron chi connectivity index (χ4n) is 2.62. The van der Waals surface area contributed by atoms with E-state index in [-0.39, 0.29) is 13.0 Å². The molecular formula is C11H16ClN5O5. The van der Waals surface area contributed by atoms with Crippen molar-refractivity contribution in [2.45, 2.75) is 42.8 Å². The van der Waals surface area contributed by atoms with Crippen molar-refractivity contribution in [2.24, 2.45) is 5.11 Å². The van der Waals surface area contributed by atoms with Crippen molar-refractivity contribution in [3.63, 3.8) is 0 Å². The minimum atomic E-state index is -1.50. The standard InChI is InChI=1S/C11H16ClN5O5/c1-11(12)8(19)14-10(20)17(9(11)21-2)7-3-5(15-16-13)6(4-18)22-7/h5-7,9,18H,3-4H2,1-2H3,(H,14,19,20)/t5?,6?,7?,9-,11-/m1/s1. The van der Waals surface area contributed by atoms with Gasteiger partial charge in [0.15, 0.2) is 11.1 Å². The molecule has 2 fully saturated rings. The smallest absolute Gasteiger partial charge is 0.328 e. The molecule has 3 unspecified atom stereocenters. The summed E-state index contributed by atoms with van der Waals surface area (Å²) in [6, 6.07) is -1.36. The molecule has 0 spiro atoms. The van der Waals surface area contributed by atoms with Crippen LogP contribution in [0.1, 0.15) is 13.3 Å². The van der Waals surface area contributed by atoms with Crippen molar-refractivity contribution in [1.29, 1.82) is 0 Å². The number of hydrogen-bond donors (Lipinski definition) is 2. The summed E-state index contributed by atoms with van der Waals surface area (Å²) in [5, 5.41) is 14.9. The lowest BCUT2D eigenvalue weighted by molar-refractivity contribution is -0.154. The highest BCUT2D eigenvalue weighted by Crippen LogP contribution is 2.34. The van der Waals surface area contributed by atoms with Crippen LogP contribution in [-0.4, -0.2) is 65.1 Å². The molecule has 2 rings (SSSR count). The molecule has 2 N–H and O–H groups in total. The zero-order valence-corrected chi connectivity index (χ0v) is 12.7. The van der Waals surface area contributed by atoms with E-state index in [0.717, 1.165) is 4.90 Å². The summed E-state index contributed by atoms with van der Waals surface area (Å²) < 4.78 is 10.7. The fraction of sp³-hybridized carbons (Fsp3) is 0.818. The van der Waals surface area contributed by atoms with Crippen LogP contribution >= 0.6 is 11.6 Å². The van der Waals surface area contributed by atoms with Gasteiger partial charge in [0.25, 0.3) is 5.91 Å². The first-order chi connectivity index (χ1) is 10.4. The van der Waals surface area contributed by atoms with Crippen molar-refractivity contribution in [3.05, 3.63) is 10.4 Å². The average molecular weight is 334 g/mol. The molecule has 0 aromatic heterocycles. The molecule has 0 bridgehead atoms. The zero-order chi connectivity index (χ0) is 16.5. The predicted molar refractivity (Wildman–Crippen MR) is 73.7 cm³/mol. The lowest BCUT2D eigenvalue weighted by atomic mass is 10.0. The Morgan fingerprint density at radius 2 is 2.36 bits per heavy atom. The number of methoxy groups -OCH3 is 1. The number of aliphatic hydroxyl groups is 1. The van der Waals surface area contributed by atoms with E-state index < -0.39 is 41.4 Å². The Labute approximate surface area is 130 Å². The normalized spacial score (nSPS) is 38.6. The monoisotopic (exact) mass is 333 g/mol. The van der Waals surface area contributed by atoms with Crippen LogP contribution in [0.3, 0.4) is 0 Å². The second kappa shape index (κ2) is 6.27. The van der Waals surface area contributed by atoms with E-state index >= 15 is 0 Å². The van der Waals surface area contributed by atoms with Crippen molar-refractivity contribution in [2.75, 3.05) is 13.7 Å². The van der Waals surface area contributed by atoms with Gasteiger partial charge in [-0.3, -0.25) is 15.0 Å². The van der Waals surface area contributed by atoms with Gasteiger partial charge in [-0.2, -0.15) is 0 Å². The number of azide groups is 1. The van der Waals surface area contributed by atoms with E-state index in [1.165, 1.54) is 14.0 Å². The molecule has 11 heteroatoms. The maximum atomic E-state index is 12.1. The van der Waals surface area contributed by atoms with Crippen LogP contribution in [-0.2, 0) is 14.3 Å². The molecule has 2 heterocycles. The number of ether oxygens (including phenoxy) is 2. The molecule has 10 nitrogen and oxygen atoms in total. The molecule has 3 amide bonds. The van der Waals surface area contributed by atoms with Crippen LogP contribution in [0.4, 0.5) is 4.79 Å². The van der Waals surface area contributed by atoms with Gasteiger partial charge in [0.1, 0.15) is 6.23 Å². The molecular weight excluding hydrogens is 318 g/mol. The predicted octanol–water partition coefficient (Wildman–Crippen LogP) is 0.294. The first-order valence-electron chi connectivity index (χ1n) is 6.52. The molecule has 0 aliphatic carbocycles. The Balaban J connectivity index is 2.28. The highest BCUT2D eigenvalue weighted by Gasteiger charge is 2.54. The van der Waals surface area contributed by atoms with Gasteiger partial charge in [-0.15, -0.1) is 11.6 Å². The first kappa shape index (κ1) is 16.8. The number of nitrogens with one attached hydrogen (secondary N) is 1. The Hall–Kier alpha value is -1.58. The van der Waals surface area contributed by atoms with Gasteiger partial charge in [0, 0.05) is 18.4 Å². The van der Waals surface area contributed by atoms with E-state index in [2.05, 4.69) is 15.3 Å². The van der Waals surface area contributed by atoms with Crippen LogP contribution in [0.15, 0.2) is 5.11 Å². The Kier molecular flexibility index (Phi) is 4.78. The molecule has 2 saturated heterocycles. The fourth-order valence-corrected chi connectivity index (χ4v) is 2.86. The van der Waals surface area contributed by atoms with Crippen molar-refractivity contribution in [1.82, 2.24) is 10.2 Å². The number of amides is 3. The summed E-state index contributed by atoms with van der Waals surface area (Å²) in [6.07, 6.45) is -2.50. The highest BCUT2D eigenvalue weighted by molar-refractivity contribution is 6.36. The summed E-state index contributed by atoms with van der Waals surface area (Å²) in [6.45, 7) is 1.05. The van der Waals surface area contributed by atoms with Crippen LogP contribution in [0.5, 0.6) is 0 Å². The number of carbonyl (C=O) groups is 2. The van der Waals surface area contributed by atoms with Gasteiger partial charge >= 0.3 is 6.03 Å². The third-order valence-electron chi connectivity index (χ3n) is 3.73. The summed E-state index contributed by atoms with van der Waals surface area (Å²) >= 11 is 6.18. The van der Waals surface area contributed by atoms with Gasteiger partial charge in [-0.25, -0.2) is 4.79 Å². The highest BCUT2D eigenvalue weighted by atomic mass is 35.5. The molecule has 2 aliphatic heterocycles. The van der Waals surface area contributed by atoms with Crippen molar-refractivity contribution in [3.8, 4) is 0 Å². The van der Waals surface area contributed by atoms with Crippen LogP contribution < -0.4 is 5.32 Å². The first-order valence-corrected chi connectivity index (χ1v) is 6.90. The summed E-state index contributed by atoms with van der Waals surface area (Å²) in [5.41, 5.74) is 8.54. The number of aliphatic hydroxyl groups excluding tert-OH is 1. The third kappa shape index (κ3) is 2.71. The lowest BCUT2D eigenvalue weighted by Crippen LogP contribution is -2.69. The summed E-state index contributed by atoms with van der Waals surface area (Å²) in [5.74, 6) is -0.675. The number of carbonyl (C=O) groups excluding carboxylic acids is 2. The van der Waals surface area contributed by atoms with Crippen molar-refractivity contribution < 1.29 is 24.2 Å². The zero-order valence-electron chi connectivity index (χ0n) is 12.0. The quantitative estimate of drug-likeness (QED) is 0.330. The lowest BCUT2D eigenvalue weighted by Gasteiger charge is -2.44. The Morgan fingerprint density at radius 3 is 2.91 bits per heavy atom. The second-order valence-electron chi connectivity index (χ2n) is 5.15. The number of urea groups is 1. The molecule has 0 radical (unpaired) electrons. The third-order valence-corrected chi connectivity index (χ3v) is 4.09. The summed E-state index contributed by atoms with van der Waals surface area (Å²) in [4.78, 5) is 26.3. The SMILES string of the molecule is CO[C@H]1N(C2CC(N=[N+]=[N-])C(CO)O2)C(=O)NC(=O)[C@@]1(C)Cl. The number of halogens is 1. The maximum absolute atomic E-state index is 12.1. The number of hydrogen-bond acceptors (Lipinski definition) is 6. The molecule has 22 heavy (non-hydrogen) atoms. The molecule has 2 aliphatic rings. The number of nitrogens with zero attached hydrogens (tertiary/aromatic N) is 4. The number of imide groups is 1. The van der Waals surface area contributed by atoms with Crippen molar-refractivity contribution >= 4 is 23.5 Å². The number of alkyl halides is 1. The minimum absolute atomic E-state index is 0.156. The van der Waals surface area contributed by atoms with Crippen LogP contribution in [0, 0.1) is 0 Å². The van der Waals surface area contributed by atoms with E-state index in [4.69, 9.17) is 26.6 Å². The van der Waals surface area contributed by atoms with Gasteiger partial charge in [0.2, 0.25) is 0 Å². The molecule has 122 valence electrons. The van der Waals surface area contributed by atoms with Gasteiger partial charge < -0.3 is 14.6 Å². The van der Waals surface area contributed by atoms with E-state index in [1.54, 1.807) is 0 Å². The maximum Gasteiger partial charge on any atom is 0.328 e. The van der Waals surface area contributed by atoms with Crippen LogP contribution in [0.2, 0.25) is 0 Å². The van der Waals surface area contributed by atoms with Gasteiger partial charge in [-0.1, -0.05) is 5.11 Å². The van der Waals surface area contributed by atoms with Gasteiger partial charge in [-0.05, 0) is 12.5 Å². The topological polar surface area (TPSA) is 137 Å². The Morgan fingerprint density at radius 1 is 1.68 bits per heavy atom. The molecule has 0 aromatic rings. The largest absolute Gasteiger partial charge is 0.394 e. The molecule has 0 aromatic carbocycles. The Bertz CT molecular complexity index is 523. The minimum Gasteiger partial charge on any atom is -0.394 e. The average Bonchev–Trinajstić information content (AvgIpc) is 2.85. The number of rotatable bonds is 4. The van der Waals surface area contributed by atoms with E-state index in [0.29, 0.717) is 0 Å². The van der Waals surface area contributed by atoms with Crippen LogP contribution in [0.25, 0.3) is 10.4 Å². The second-order valence-corrected chi connectivity index (χ2v) is 5.94. The molecule has 5 atom stereocenters. The van der Waals surface area contributed by atoms with Gasteiger partial charge in [0.05, 0.1) is 18.8 Å². The van der Waals surface area contributed by atoms with E-state index in [9.17, 15) is 14.7 Å². The van der Waals surface area contributed by atoms with E-state index in [1.807, 2.05) is 0 Å². The summed E-state index contributed by atoms with van der Waals surface area (Å²) in [7, 11) is 1.31. The molecule has 0 saturated carbocycles.